The average molecular weight is 335 g/mol. The van der Waals surface area contributed by atoms with Crippen molar-refractivity contribution in [1.82, 2.24) is 9.88 Å². The molecule has 5 heteroatoms. The maximum atomic E-state index is 12.3. The summed E-state index contributed by atoms with van der Waals surface area (Å²) in [5, 5.41) is 4.67. The molecule has 2 atom stereocenters. The van der Waals surface area contributed by atoms with Crippen LogP contribution < -0.4 is 10.9 Å². The summed E-state index contributed by atoms with van der Waals surface area (Å²) in [5.74, 6) is 0.353. The molecule has 1 aromatic heterocycles. The van der Waals surface area contributed by atoms with Crippen molar-refractivity contribution in [3.05, 3.63) is 68.1 Å². The lowest BCUT2D eigenvalue weighted by molar-refractivity contribution is 0.207. The summed E-state index contributed by atoms with van der Waals surface area (Å²) in [6.07, 6.45) is 1.03. The highest BCUT2D eigenvalue weighted by Crippen LogP contribution is 2.43. The minimum atomic E-state index is -0.102. The number of aromatic nitrogens is 1. The molecule has 1 N–H and O–H groups in total. The van der Waals surface area contributed by atoms with Gasteiger partial charge in [-0.05, 0) is 30.2 Å². The van der Waals surface area contributed by atoms with Crippen molar-refractivity contribution in [1.29, 1.82) is 0 Å². The average Bonchev–Trinajstić information content (AvgIpc) is 2.51. The van der Waals surface area contributed by atoms with E-state index in [9.17, 15) is 4.79 Å². The van der Waals surface area contributed by atoms with E-state index in [-0.39, 0.29) is 11.0 Å². The summed E-state index contributed by atoms with van der Waals surface area (Å²) < 4.78 is 1.93. The van der Waals surface area contributed by atoms with Gasteiger partial charge < -0.3 is 9.88 Å². The fourth-order valence-electron chi connectivity index (χ4n) is 3.93. The minimum absolute atomic E-state index is 0.0773. The molecule has 1 aromatic carbocycles. The van der Waals surface area contributed by atoms with Gasteiger partial charge in [-0.3, -0.25) is 4.79 Å². The first-order valence-electron chi connectivity index (χ1n) is 7.45. The van der Waals surface area contributed by atoms with E-state index in [1.165, 1.54) is 0 Å². The Labute approximate surface area is 138 Å². The van der Waals surface area contributed by atoms with Crippen LogP contribution in [0, 0.1) is 0 Å². The number of halogens is 2. The van der Waals surface area contributed by atoms with Gasteiger partial charge in [-0.25, -0.2) is 0 Å². The second kappa shape index (κ2) is 5.12. The van der Waals surface area contributed by atoms with Gasteiger partial charge >= 0.3 is 0 Å². The monoisotopic (exact) mass is 334 g/mol. The highest BCUT2D eigenvalue weighted by atomic mass is 35.5. The molecule has 2 aliphatic rings. The molecular formula is C17H16Cl2N2O. The van der Waals surface area contributed by atoms with E-state index in [1.807, 2.05) is 28.8 Å². The summed E-state index contributed by atoms with van der Waals surface area (Å²) in [7, 11) is 0. The predicted molar refractivity (Wildman–Crippen MR) is 89.1 cm³/mol. The molecule has 3 nitrogen and oxygen atoms in total. The number of nitrogens with one attached hydrogen (secondary N) is 1. The Bertz CT molecular complexity index is 801. The normalized spacial score (nSPS) is 26.5. The summed E-state index contributed by atoms with van der Waals surface area (Å²) in [6, 6.07) is 11.4. The number of benzene rings is 1. The standard InChI is InChI=1S/C17H16Cl2N2O/c18-13-5-4-12(6-14(13)19)17-7-11(8-20-9-17)15-2-1-3-16(22)21(15)10-17/h1-6,11,20H,7-10H2/t11-,17-/m1/s1. The Morgan fingerprint density at radius 2 is 2.05 bits per heavy atom. The van der Waals surface area contributed by atoms with E-state index in [2.05, 4.69) is 11.4 Å². The quantitative estimate of drug-likeness (QED) is 0.869. The summed E-state index contributed by atoms with van der Waals surface area (Å²) in [5.41, 5.74) is 2.26. The summed E-state index contributed by atoms with van der Waals surface area (Å²) in [6.45, 7) is 2.44. The molecular weight excluding hydrogens is 319 g/mol. The van der Waals surface area contributed by atoms with E-state index in [0.29, 0.717) is 22.5 Å². The zero-order chi connectivity index (χ0) is 15.3. The highest BCUT2D eigenvalue weighted by Gasteiger charge is 2.43. The Morgan fingerprint density at radius 1 is 1.18 bits per heavy atom. The van der Waals surface area contributed by atoms with Crippen molar-refractivity contribution in [3.63, 3.8) is 0 Å². The van der Waals surface area contributed by atoms with Crippen LogP contribution in [-0.4, -0.2) is 17.7 Å². The van der Waals surface area contributed by atoms with Crippen LogP contribution in [0.5, 0.6) is 0 Å². The molecule has 2 bridgehead atoms. The lowest BCUT2D eigenvalue weighted by Gasteiger charge is -2.47. The van der Waals surface area contributed by atoms with E-state index in [1.54, 1.807) is 6.07 Å². The van der Waals surface area contributed by atoms with Crippen LogP contribution in [0.2, 0.25) is 10.0 Å². The molecule has 0 amide bonds. The molecule has 0 saturated carbocycles. The summed E-state index contributed by atoms with van der Waals surface area (Å²) in [4.78, 5) is 12.3. The molecule has 1 saturated heterocycles. The van der Waals surface area contributed by atoms with Crippen LogP contribution in [0.1, 0.15) is 23.6 Å². The van der Waals surface area contributed by atoms with Gasteiger partial charge in [-0.1, -0.05) is 35.3 Å². The van der Waals surface area contributed by atoms with E-state index in [0.717, 1.165) is 30.8 Å². The molecule has 1 fully saturated rings. The SMILES string of the molecule is O=c1cccc2n1C[C@]1(c3ccc(Cl)c(Cl)c3)CNC[C@H]2C1. The third-order valence-electron chi connectivity index (χ3n) is 4.99. The van der Waals surface area contributed by atoms with Gasteiger partial charge in [-0.2, -0.15) is 0 Å². The maximum absolute atomic E-state index is 12.3. The molecule has 0 radical (unpaired) electrons. The van der Waals surface area contributed by atoms with E-state index >= 15 is 0 Å². The first kappa shape index (κ1) is 14.3. The number of hydrogen-bond donors (Lipinski definition) is 1. The minimum Gasteiger partial charge on any atom is -0.315 e. The second-order valence-electron chi connectivity index (χ2n) is 6.32. The van der Waals surface area contributed by atoms with Crippen molar-refractivity contribution < 1.29 is 0 Å². The van der Waals surface area contributed by atoms with Gasteiger partial charge in [0.2, 0.25) is 0 Å². The topological polar surface area (TPSA) is 34.0 Å². The molecule has 114 valence electrons. The maximum Gasteiger partial charge on any atom is 0.250 e. The lowest BCUT2D eigenvalue weighted by atomic mass is 9.68. The van der Waals surface area contributed by atoms with Crippen molar-refractivity contribution in [3.8, 4) is 0 Å². The zero-order valence-electron chi connectivity index (χ0n) is 12.0. The molecule has 2 aliphatic heterocycles. The Morgan fingerprint density at radius 3 is 2.86 bits per heavy atom. The molecule has 4 rings (SSSR count). The van der Waals surface area contributed by atoms with Crippen LogP contribution in [0.15, 0.2) is 41.2 Å². The smallest absolute Gasteiger partial charge is 0.250 e. The third-order valence-corrected chi connectivity index (χ3v) is 5.72. The first-order chi connectivity index (χ1) is 10.6. The second-order valence-corrected chi connectivity index (χ2v) is 7.13. The van der Waals surface area contributed by atoms with Gasteiger partial charge in [0.05, 0.1) is 10.0 Å². The van der Waals surface area contributed by atoms with Gasteiger partial charge in [-0.15, -0.1) is 0 Å². The number of rotatable bonds is 1. The summed E-state index contributed by atoms with van der Waals surface area (Å²) >= 11 is 12.3. The Hall–Kier alpha value is -1.29. The van der Waals surface area contributed by atoms with Crippen LogP contribution in [0.4, 0.5) is 0 Å². The lowest BCUT2D eigenvalue weighted by Crippen LogP contribution is -2.54. The van der Waals surface area contributed by atoms with Gasteiger partial charge in [0.25, 0.3) is 5.56 Å². The van der Waals surface area contributed by atoms with Crippen molar-refractivity contribution in [2.45, 2.75) is 24.3 Å². The van der Waals surface area contributed by atoms with Crippen molar-refractivity contribution in [2.24, 2.45) is 0 Å². The van der Waals surface area contributed by atoms with Crippen molar-refractivity contribution >= 4 is 23.2 Å². The predicted octanol–water partition coefficient (Wildman–Crippen LogP) is 3.18. The molecule has 22 heavy (non-hydrogen) atoms. The van der Waals surface area contributed by atoms with E-state index < -0.39 is 0 Å². The third kappa shape index (κ3) is 2.11. The van der Waals surface area contributed by atoms with Gasteiger partial charge in [0.15, 0.2) is 0 Å². The first-order valence-corrected chi connectivity index (χ1v) is 8.21. The number of hydrogen-bond acceptors (Lipinski definition) is 2. The van der Waals surface area contributed by atoms with Crippen LogP contribution in [0.3, 0.4) is 0 Å². The molecule has 0 unspecified atom stereocenters. The van der Waals surface area contributed by atoms with Crippen LogP contribution >= 0.6 is 23.2 Å². The number of pyridine rings is 1. The van der Waals surface area contributed by atoms with E-state index in [4.69, 9.17) is 23.2 Å². The van der Waals surface area contributed by atoms with Crippen LogP contribution in [0.25, 0.3) is 0 Å². The molecule has 2 aromatic rings. The Balaban J connectivity index is 1.87. The molecule has 3 heterocycles. The van der Waals surface area contributed by atoms with Gasteiger partial charge in [0, 0.05) is 42.7 Å². The number of nitrogens with zero attached hydrogens (tertiary/aromatic N) is 1. The number of fused-ring (bicyclic) bond motifs is 4. The molecule has 0 aliphatic carbocycles. The fraction of sp³-hybridized carbons (Fsp3) is 0.353. The van der Waals surface area contributed by atoms with Crippen LogP contribution in [-0.2, 0) is 12.0 Å². The fourth-order valence-corrected chi connectivity index (χ4v) is 4.23. The molecule has 0 spiro atoms. The largest absolute Gasteiger partial charge is 0.315 e. The Kier molecular flexibility index (Phi) is 3.33. The zero-order valence-corrected chi connectivity index (χ0v) is 13.5. The highest BCUT2D eigenvalue weighted by molar-refractivity contribution is 6.42. The number of piperidine rings is 1. The van der Waals surface area contributed by atoms with Gasteiger partial charge in [0.1, 0.15) is 0 Å². The van der Waals surface area contributed by atoms with Crippen molar-refractivity contribution in [2.75, 3.05) is 13.1 Å².